The lowest BCUT2D eigenvalue weighted by Gasteiger charge is -2.10. The summed E-state index contributed by atoms with van der Waals surface area (Å²) in [5.74, 6) is -0.866. The summed E-state index contributed by atoms with van der Waals surface area (Å²) < 4.78 is 15.1. The lowest BCUT2D eigenvalue weighted by atomic mass is 10.1. The van der Waals surface area contributed by atoms with Gasteiger partial charge in [0.15, 0.2) is 0 Å². The van der Waals surface area contributed by atoms with Gasteiger partial charge in [-0.15, -0.1) is 0 Å². The van der Waals surface area contributed by atoms with E-state index in [0.717, 1.165) is 6.07 Å². The quantitative estimate of drug-likeness (QED) is 0.797. The number of halogens is 2. The summed E-state index contributed by atoms with van der Waals surface area (Å²) in [6, 6.07) is 4.14. The molecule has 0 amide bonds. The van der Waals surface area contributed by atoms with Crippen molar-refractivity contribution >= 4 is 17.4 Å². The Morgan fingerprint density at radius 1 is 1.44 bits per heavy atom. The van der Waals surface area contributed by atoms with Gasteiger partial charge < -0.3 is 4.57 Å². The fourth-order valence-corrected chi connectivity index (χ4v) is 1.79. The lowest BCUT2D eigenvalue weighted by Crippen LogP contribution is -2.11. The Balaban J connectivity index is 2.42. The van der Waals surface area contributed by atoms with E-state index in [0.29, 0.717) is 5.69 Å². The topological polar surface area (TPSA) is 34.9 Å². The second-order valence-corrected chi connectivity index (χ2v) is 4.65. The van der Waals surface area contributed by atoms with Crippen molar-refractivity contribution in [2.75, 3.05) is 0 Å². The molecule has 0 fully saturated rings. The summed E-state index contributed by atoms with van der Waals surface area (Å²) in [6.45, 7) is 3.89. The molecule has 0 spiro atoms. The summed E-state index contributed by atoms with van der Waals surface area (Å²) in [7, 11) is 0. The molecule has 0 aliphatic rings. The van der Waals surface area contributed by atoms with Crippen LogP contribution in [0.25, 0.3) is 0 Å². The van der Waals surface area contributed by atoms with Gasteiger partial charge in [-0.05, 0) is 32.0 Å². The second-order valence-electron chi connectivity index (χ2n) is 4.24. The Bertz CT molecular complexity index is 592. The van der Waals surface area contributed by atoms with Crippen LogP contribution in [0.3, 0.4) is 0 Å². The highest BCUT2D eigenvalue weighted by Gasteiger charge is 2.16. The minimum absolute atomic E-state index is 0.00363. The summed E-state index contributed by atoms with van der Waals surface area (Å²) in [6.07, 6.45) is 3.07. The molecule has 5 heteroatoms. The molecule has 18 heavy (non-hydrogen) atoms. The van der Waals surface area contributed by atoms with E-state index in [-0.39, 0.29) is 22.4 Å². The van der Waals surface area contributed by atoms with E-state index in [1.165, 1.54) is 18.3 Å². The largest absolute Gasteiger partial charge is 0.325 e. The number of carbonyl (C=O) groups is 1. The normalized spacial score (nSPS) is 10.9. The van der Waals surface area contributed by atoms with Gasteiger partial charge >= 0.3 is 0 Å². The number of hydrogen-bond acceptors (Lipinski definition) is 2. The van der Waals surface area contributed by atoms with Crippen LogP contribution in [0.15, 0.2) is 30.7 Å². The van der Waals surface area contributed by atoms with Gasteiger partial charge in [0.2, 0.25) is 5.78 Å². The number of imidazole rings is 1. The molecular formula is C13H12ClFN2O. The standard InChI is InChI=1S/C13H12ClFN2O/c1-8(2)17-7-16-6-12(17)13(18)9-3-4-10(14)11(15)5-9/h3-8H,1-2H3. The van der Waals surface area contributed by atoms with E-state index in [1.54, 1.807) is 10.9 Å². The van der Waals surface area contributed by atoms with Crippen LogP contribution in [0, 0.1) is 5.82 Å². The van der Waals surface area contributed by atoms with Crippen LogP contribution in [-0.4, -0.2) is 15.3 Å². The molecule has 94 valence electrons. The second kappa shape index (κ2) is 4.90. The predicted octanol–water partition coefficient (Wildman–Crippen LogP) is 3.49. The van der Waals surface area contributed by atoms with Crippen LogP contribution in [0.1, 0.15) is 35.9 Å². The molecule has 0 saturated carbocycles. The zero-order valence-corrected chi connectivity index (χ0v) is 10.8. The number of carbonyl (C=O) groups excluding carboxylic acids is 1. The van der Waals surface area contributed by atoms with E-state index in [4.69, 9.17) is 11.6 Å². The Morgan fingerprint density at radius 2 is 2.17 bits per heavy atom. The Hall–Kier alpha value is -1.68. The molecule has 1 aromatic carbocycles. The van der Waals surface area contributed by atoms with Crippen molar-refractivity contribution in [3.8, 4) is 0 Å². The maximum atomic E-state index is 13.3. The van der Waals surface area contributed by atoms with Gasteiger partial charge in [0.05, 0.1) is 17.5 Å². The average molecular weight is 267 g/mol. The van der Waals surface area contributed by atoms with Crippen molar-refractivity contribution in [2.45, 2.75) is 19.9 Å². The maximum Gasteiger partial charge on any atom is 0.211 e. The molecule has 0 aliphatic heterocycles. The highest BCUT2D eigenvalue weighted by molar-refractivity contribution is 6.30. The minimum Gasteiger partial charge on any atom is -0.325 e. The smallest absolute Gasteiger partial charge is 0.211 e. The van der Waals surface area contributed by atoms with Gasteiger partial charge in [-0.25, -0.2) is 9.37 Å². The molecule has 2 rings (SSSR count). The fourth-order valence-electron chi connectivity index (χ4n) is 1.68. The summed E-state index contributed by atoms with van der Waals surface area (Å²) >= 11 is 5.59. The van der Waals surface area contributed by atoms with E-state index in [9.17, 15) is 9.18 Å². The van der Waals surface area contributed by atoms with E-state index in [2.05, 4.69) is 4.98 Å². The number of benzene rings is 1. The lowest BCUT2D eigenvalue weighted by molar-refractivity contribution is 0.102. The molecule has 3 nitrogen and oxygen atoms in total. The van der Waals surface area contributed by atoms with Crippen LogP contribution >= 0.6 is 11.6 Å². The highest BCUT2D eigenvalue weighted by Crippen LogP contribution is 2.19. The number of nitrogens with zero attached hydrogens (tertiary/aromatic N) is 2. The summed E-state index contributed by atoms with van der Waals surface area (Å²) in [5.41, 5.74) is 0.700. The van der Waals surface area contributed by atoms with Crippen molar-refractivity contribution in [3.05, 3.63) is 52.8 Å². The third-order valence-electron chi connectivity index (χ3n) is 2.64. The SMILES string of the molecule is CC(C)n1cncc1C(=O)c1ccc(Cl)c(F)c1. The molecule has 1 heterocycles. The number of ketones is 1. The van der Waals surface area contributed by atoms with Gasteiger partial charge in [0, 0.05) is 11.6 Å². The molecule has 2 aromatic rings. The molecule has 0 unspecified atom stereocenters. The first-order valence-electron chi connectivity index (χ1n) is 5.52. The molecule has 0 N–H and O–H groups in total. The first kappa shape index (κ1) is 12.8. The minimum atomic E-state index is -0.599. The summed E-state index contributed by atoms with van der Waals surface area (Å²) in [5, 5.41) is 0.00363. The summed E-state index contributed by atoms with van der Waals surface area (Å²) in [4.78, 5) is 16.2. The Morgan fingerprint density at radius 3 is 2.78 bits per heavy atom. The van der Waals surface area contributed by atoms with Crippen LogP contribution in [0.2, 0.25) is 5.02 Å². The first-order chi connectivity index (χ1) is 8.50. The first-order valence-corrected chi connectivity index (χ1v) is 5.90. The Kier molecular flexibility index (Phi) is 3.48. The number of hydrogen-bond donors (Lipinski definition) is 0. The third kappa shape index (κ3) is 2.29. The van der Waals surface area contributed by atoms with Crippen molar-refractivity contribution < 1.29 is 9.18 Å². The van der Waals surface area contributed by atoms with Gasteiger partial charge in [-0.1, -0.05) is 11.6 Å². The van der Waals surface area contributed by atoms with E-state index >= 15 is 0 Å². The highest BCUT2D eigenvalue weighted by atomic mass is 35.5. The van der Waals surface area contributed by atoms with Crippen LogP contribution in [-0.2, 0) is 0 Å². The van der Waals surface area contributed by atoms with E-state index < -0.39 is 5.82 Å². The molecule has 0 saturated heterocycles. The van der Waals surface area contributed by atoms with Crippen LogP contribution in [0.5, 0.6) is 0 Å². The average Bonchev–Trinajstić information content (AvgIpc) is 2.81. The maximum absolute atomic E-state index is 13.3. The van der Waals surface area contributed by atoms with Gasteiger partial charge in [-0.2, -0.15) is 0 Å². The monoisotopic (exact) mass is 266 g/mol. The van der Waals surface area contributed by atoms with Crippen LogP contribution in [0.4, 0.5) is 4.39 Å². The van der Waals surface area contributed by atoms with Crippen molar-refractivity contribution in [3.63, 3.8) is 0 Å². The predicted molar refractivity (Wildman–Crippen MR) is 67.5 cm³/mol. The number of aromatic nitrogens is 2. The zero-order chi connectivity index (χ0) is 13.3. The molecule has 0 aliphatic carbocycles. The molecule has 0 radical (unpaired) electrons. The van der Waals surface area contributed by atoms with E-state index in [1.807, 2.05) is 13.8 Å². The van der Waals surface area contributed by atoms with Crippen molar-refractivity contribution in [1.82, 2.24) is 9.55 Å². The zero-order valence-electron chi connectivity index (χ0n) is 10.0. The number of rotatable bonds is 3. The van der Waals surface area contributed by atoms with Crippen molar-refractivity contribution in [1.29, 1.82) is 0 Å². The fraction of sp³-hybridized carbons (Fsp3) is 0.231. The molecule has 1 aromatic heterocycles. The van der Waals surface area contributed by atoms with Gasteiger partial charge in [-0.3, -0.25) is 4.79 Å². The molecule has 0 bridgehead atoms. The van der Waals surface area contributed by atoms with Crippen molar-refractivity contribution in [2.24, 2.45) is 0 Å². The Labute approximate surface area is 109 Å². The third-order valence-corrected chi connectivity index (χ3v) is 2.94. The molecule has 0 atom stereocenters. The van der Waals surface area contributed by atoms with Gasteiger partial charge in [0.1, 0.15) is 11.5 Å². The molecular weight excluding hydrogens is 255 g/mol. The van der Waals surface area contributed by atoms with Gasteiger partial charge in [0.25, 0.3) is 0 Å². The van der Waals surface area contributed by atoms with Crippen LogP contribution < -0.4 is 0 Å².